The molecule has 3 nitrogen and oxygen atoms in total. The van der Waals surface area contributed by atoms with Gasteiger partial charge in [-0.1, -0.05) is 0 Å². The van der Waals surface area contributed by atoms with Crippen molar-refractivity contribution in [1.82, 2.24) is 0 Å². The molecule has 0 atom stereocenters. The van der Waals surface area contributed by atoms with Gasteiger partial charge < -0.3 is 9.15 Å². The van der Waals surface area contributed by atoms with Crippen LogP contribution in [0.25, 0.3) is 21.4 Å². The molecule has 0 saturated heterocycles. The fraction of sp³-hybridized carbons (Fsp3) is 0.188. The molecule has 5 heteroatoms. The van der Waals surface area contributed by atoms with Crippen LogP contribution in [0.4, 0.5) is 0 Å². The highest BCUT2D eigenvalue weighted by Gasteiger charge is 2.15. The Bertz CT molecular complexity index is 892. The quantitative estimate of drug-likeness (QED) is 0.606. The number of halogens is 1. The van der Waals surface area contributed by atoms with E-state index in [0.29, 0.717) is 11.1 Å². The summed E-state index contributed by atoms with van der Waals surface area (Å²) in [5.74, 6) is 0.719. The molecule has 108 valence electrons. The molecule has 0 bridgehead atoms. The van der Waals surface area contributed by atoms with Crippen LogP contribution >= 0.6 is 27.3 Å². The van der Waals surface area contributed by atoms with Crippen molar-refractivity contribution in [2.45, 2.75) is 13.8 Å². The van der Waals surface area contributed by atoms with Crippen LogP contribution in [0.1, 0.15) is 11.1 Å². The van der Waals surface area contributed by atoms with E-state index in [1.807, 2.05) is 31.2 Å². The van der Waals surface area contributed by atoms with Gasteiger partial charge in [0.25, 0.3) is 0 Å². The van der Waals surface area contributed by atoms with Gasteiger partial charge in [0.1, 0.15) is 11.3 Å². The lowest BCUT2D eigenvalue weighted by atomic mass is 10.0. The van der Waals surface area contributed by atoms with Gasteiger partial charge in [0.15, 0.2) is 0 Å². The maximum absolute atomic E-state index is 11.9. The largest absolute Gasteiger partial charge is 0.496 e. The van der Waals surface area contributed by atoms with Crippen LogP contribution in [-0.2, 0) is 0 Å². The molecule has 0 aliphatic rings. The van der Waals surface area contributed by atoms with Crippen LogP contribution < -0.4 is 10.4 Å². The highest BCUT2D eigenvalue weighted by molar-refractivity contribution is 9.11. The first-order valence-electron chi connectivity index (χ1n) is 6.39. The monoisotopic (exact) mass is 364 g/mol. The zero-order valence-corrected chi connectivity index (χ0v) is 14.2. The summed E-state index contributed by atoms with van der Waals surface area (Å²) < 4.78 is 12.0. The molecule has 0 N–H and O–H groups in total. The molecule has 2 aromatic heterocycles. The predicted octanol–water partition coefficient (Wildman–Crippen LogP) is 4.91. The summed E-state index contributed by atoms with van der Waals surface area (Å²) in [5.41, 5.74) is 2.75. The summed E-state index contributed by atoms with van der Waals surface area (Å²) in [6, 6.07) is 7.89. The van der Waals surface area contributed by atoms with Crippen molar-refractivity contribution in [3.63, 3.8) is 0 Å². The Morgan fingerprint density at radius 2 is 1.95 bits per heavy atom. The number of methoxy groups -OCH3 is 1. The van der Waals surface area contributed by atoms with Crippen molar-refractivity contribution in [3.05, 3.63) is 49.6 Å². The summed E-state index contributed by atoms with van der Waals surface area (Å²) >= 11 is 5.08. The van der Waals surface area contributed by atoms with E-state index in [-0.39, 0.29) is 5.63 Å². The number of fused-ring (bicyclic) bond motifs is 1. The molecule has 0 radical (unpaired) electrons. The van der Waals surface area contributed by atoms with Crippen molar-refractivity contribution in [2.24, 2.45) is 0 Å². The number of thiophene rings is 1. The number of benzene rings is 1. The van der Waals surface area contributed by atoms with Crippen molar-refractivity contribution in [1.29, 1.82) is 0 Å². The van der Waals surface area contributed by atoms with Crippen molar-refractivity contribution in [3.8, 4) is 16.2 Å². The predicted molar refractivity (Wildman–Crippen MR) is 89.5 cm³/mol. The van der Waals surface area contributed by atoms with E-state index in [9.17, 15) is 4.79 Å². The van der Waals surface area contributed by atoms with E-state index in [1.54, 1.807) is 25.4 Å². The van der Waals surface area contributed by atoms with Crippen molar-refractivity contribution in [2.75, 3.05) is 7.11 Å². The molecule has 0 spiro atoms. The van der Waals surface area contributed by atoms with Gasteiger partial charge in [-0.25, -0.2) is 4.79 Å². The molecule has 1 aromatic carbocycles. The lowest BCUT2D eigenvalue weighted by Crippen LogP contribution is -2.06. The second kappa shape index (κ2) is 5.31. The normalized spacial score (nSPS) is 11.0. The molecule has 2 heterocycles. The van der Waals surface area contributed by atoms with Gasteiger partial charge in [0, 0.05) is 10.4 Å². The van der Waals surface area contributed by atoms with E-state index < -0.39 is 0 Å². The standard InChI is InChI=1S/C16H13BrO3S/c1-8-9(2)16(18)20-12-7-10(6-11(19-3)15(8)12)13-4-5-14(17)21-13/h4-7H,1-3H3. The smallest absolute Gasteiger partial charge is 0.339 e. The molecule has 0 aliphatic heterocycles. The Morgan fingerprint density at radius 1 is 1.19 bits per heavy atom. The third-order valence-electron chi connectivity index (χ3n) is 3.59. The zero-order chi connectivity index (χ0) is 15.1. The molecule has 3 rings (SSSR count). The van der Waals surface area contributed by atoms with Gasteiger partial charge >= 0.3 is 5.63 Å². The molecule has 0 unspecified atom stereocenters. The fourth-order valence-corrected chi connectivity index (χ4v) is 3.70. The average molecular weight is 365 g/mol. The van der Waals surface area contributed by atoms with Gasteiger partial charge in [-0.2, -0.15) is 0 Å². The number of hydrogen-bond donors (Lipinski definition) is 0. The second-order valence-electron chi connectivity index (χ2n) is 4.79. The number of rotatable bonds is 2. The molecule has 0 aliphatic carbocycles. The van der Waals surface area contributed by atoms with Crippen LogP contribution in [0, 0.1) is 13.8 Å². The summed E-state index contributed by atoms with van der Waals surface area (Å²) in [5, 5.41) is 0.856. The first kappa shape index (κ1) is 14.4. The van der Waals surface area contributed by atoms with E-state index >= 15 is 0 Å². The topological polar surface area (TPSA) is 39.4 Å². The van der Waals surface area contributed by atoms with Crippen molar-refractivity contribution >= 4 is 38.2 Å². The van der Waals surface area contributed by atoms with Gasteiger partial charge in [0.2, 0.25) is 0 Å². The van der Waals surface area contributed by atoms with E-state index in [1.165, 1.54) is 0 Å². The Balaban J connectivity index is 2.37. The summed E-state index contributed by atoms with van der Waals surface area (Å²) in [6.07, 6.45) is 0. The fourth-order valence-electron chi connectivity index (χ4n) is 2.33. The molecular weight excluding hydrogens is 352 g/mol. The van der Waals surface area contributed by atoms with Crippen LogP contribution in [0.3, 0.4) is 0 Å². The number of hydrogen-bond acceptors (Lipinski definition) is 4. The highest BCUT2D eigenvalue weighted by Crippen LogP contribution is 2.38. The highest BCUT2D eigenvalue weighted by atomic mass is 79.9. The van der Waals surface area contributed by atoms with Gasteiger partial charge in [0.05, 0.1) is 16.3 Å². The van der Waals surface area contributed by atoms with Crippen LogP contribution in [-0.4, -0.2) is 7.11 Å². The number of ether oxygens (including phenoxy) is 1. The molecule has 21 heavy (non-hydrogen) atoms. The van der Waals surface area contributed by atoms with Crippen LogP contribution in [0.15, 0.2) is 37.3 Å². The molecule has 0 saturated carbocycles. The van der Waals surface area contributed by atoms with Gasteiger partial charge in [-0.05, 0) is 65.2 Å². The Hall–Kier alpha value is -1.59. The average Bonchev–Trinajstić information content (AvgIpc) is 2.90. The summed E-state index contributed by atoms with van der Waals surface area (Å²) in [4.78, 5) is 13.0. The minimum Gasteiger partial charge on any atom is -0.496 e. The zero-order valence-electron chi connectivity index (χ0n) is 11.8. The molecule has 0 fully saturated rings. The van der Waals surface area contributed by atoms with Gasteiger partial charge in [-0.15, -0.1) is 11.3 Å². The third-order valence-corrected chi connectivity index (χ3v) is 5.26. The maximum Gasteiger partial charge on any atom is 0.339 e. The first-order chi connectivity index (χ1) is 10.0. The Kier molecular flexibility index (Phi) is 3.63. The van der Waals surface area contributed by atoms with Crippen molar-refractivity contribution < 1.29 is 9.15 Å². The minimum absolute atomic E-state index is 0.299. The lowest BCUT2D eigenvalue weighted by molar-refractivity contribution is 0.418. The maximum atomic E-state index is 11.9. The minimum atomic E-state index is -0.299. The SMILES string of the molecule is COc1cc(-c2ccc(Br)s2)cc2oc(=O)c(C)c(C)c12. The first-order valence-corrected chi connectivity index (χ1v) is 8.00. The van der Waals surface area contributed by atoms with Gasteiger partial charge in [-0.3, -0.25) is 0 Å². The van der Waals surface area contributed by atoms with E-state index in [0.717, 1.165) is 30.9 Å². The Labute approximate surface area is 134 Å². The molecule has 0 amide bonds. The molecule has 3 aromatic rings. The molecular formula is C16H13BrO3S. The summed E-state index contributed by atoms with van der Waals surface area (Å²) in [6.45, 7) is 3.68. The lowest BCUT2D eigenvalue weighted by Gasteiger charge is -2.11. The summed E-state index contributed by atoms with van der Waals surface area (Å²) in [7, 11) is 1.63. The van der Waals surface area contributed by atoms with Crippen LogP contribution in [0.2, 0.25) is 0 Å². The second-order valence-corrected chi connectivity index (χ2v) is 7.26. The van der Waals surface area contributed by atoms with E-state index in [2.05, 4.69) is 15.9 Å². The van der Waals surface area contributed by atoms with Crippen LogP contribution in [0.5, 0.6) is 5.75 Å². The number of aryl methyl sites for hydroxylation is 1. The third kappa shape index (κ3) is 2.40. The van der Waals surface area contributed by atoms with E-state index in [4.69, 9.17) is 9.15 Å². The Morgan fingerprint density at radius 3 is 2.57 bits per heavy atom.